The number of rotatable bonds is 6. The lowest BCUT2D eigenvalue weighted by Gasteiger charge is -2.09. The number of nitrogens with zero attached hydrogens (tertiary/aromatic N) is 2. The molecule has 0 bridgehead atoms. The van der Waals surface area contributed by atoms with Gasteiger partial charge in [-0.25, -0.2) is 4.98 Å². The zero-order valence-electron chi connectivity index (χ0n) is 12.2. The molecule has 4 heteroatoms. The van der Waals surface area contributed by atoms with E-state index in [4.69, 9.17) is 9.72 Å². The summed E-state index contributed by atoms with van der Waals surface area (Å²) < 4.78 is 7.87. The molecule has 4 nitrogen and oxygen atoms in total. The Kier molecular flexibility index (Phi) is 4.43. The Morgan fingerprint density at radius 3 is 2.84 bits per heavy atom. The van der Waals surface area contributed by atoms with E-state index >= 15 is 0 Å². The van der Waals surface area contributed by atoms with Crippen molar-refractivity contribution in [2.24, 2.45) is 7.05 Å². The summed E-state index contributed by atoms with van der Waals surface area (Å²) in [6.07, 6.45) is 1.13. The standard InChI is InChI=1S/C15H23N3O/c1-5-16-9-8-15-17-13-10-12(19-11(2)3)6-7-14(13)18(15)4/h6-7,10-11,16H,5,8-9H2,1-4H3. The summed E-state index contributed by atoms with van der Waals surface area (Å²) in [4.78, 5) is 4.69. The van der Waals surface area contributed by atoms with Crippen LogP contribution in [0.5, 0.6) is 5.75 Å². The molecule has 0 radical (unpaired) electrons. The maximum absolute atomic E-state index is 5.71. The van der Waals surface area contributed by atoms with Crippen LogP contribution in [0, 0.1) is 0 Å². The first-order valence-electron chi connectivity index (χ1n) is 6.94. The molecule has 0 aliphatic rings. The van der Waals surface area contributed by atoms with Gasteiger partial charge in [-0.15, -0.1) is 0 Å². The van der Waals surface area contributed by atoms with Crippen molar-refractivity contribution < 1.29 is 4.74 Å². The lowest BCUT2D eigenvalue weighted by atomic mass is 10.3. The van der Waals surface area contributed by atoms with Crippen LogP contribution in [0.15, 0.2) is 18.2 Å². The second-order valence-electron chi connectivity index (χ2n) is 5.01. The average molecular weight is 261 g/mol. The van der Waals surface area contributed by atoms with Gasteiger partial charge in [0.1, 0.15) is 11.6 Å². The number of hydrogen-bond donors (Lipinski definition) is 1. The van der Waals surface area contributed by atoms with Crippen LogP contribution in [0.4, 0.5) is 0 Å². The summed E-state index contributed by atoms with van der Waals surface area (Å²) >= 11 is 0. The van der Waals surface area contributed by atoms with Crippen molar-refractivity contribution in [2.45, 2.75) is 33.3 Å². The highest BCUT2D eigenvalue weighted by Crippen LogP contribution is 2.22. The van der Waals surface area contributed by atoms with Gasteiger partial charge in [-0.3, -0.25) is 0 Å². The van der Waals surface area contributed by atoms with E-state index in [0.29, 0.717) is 0 Å². The van der Waals surface area contributed by atoms with Crippen LogP contribution in [0.3, 0.4) is 0 Å². The third kappa shape index (κ3) is 3.26. The monoisotopic (exact) mass is 261 g/mol. The summed E-state index contributed by atoms with van der Waals surface area (Å²) in [5.41, 5.74) is 2.16. The molecule has 0 amide bonds. The largest absolute Gasteiger partial charge is 0.491 e. The molecule has 1 aromatic carbocycles. The second-order valence-corrected chi connectivity index (χ2v) is 5.01. The Bertz CT molecular complexity index is 546. The summed E-state index contributed by atoms with van der Waals surface area (Å²) in [6.45, 7) is 8.14. The van der Waals surface area contributed by atoms with Gasteiger partial charge >= 0.3 is 0 Å². The molecule has 1 aromatic heterocycles. The maximum atomic E-state index is 5.71. The van der Waals surface area contributed by atoms with Crippen molar-refractivity contribution >= 4 is 11.0 Å². The lowest BCUT2D eigenvalue weighted by molar-refractivity contribution is 0.242. The third-order valence-corrected chi connectivity index (χ3v) is 3.09. The molecular formula is C15H23N3O. The summed E-state index contributed by atoms with van der Waals surface area (Å²) in [7, 11) is 2.07. The Balaban J connectivity index is 2.23. The lowest BCUT2D eigenvalue weighted by Crippen LogP contribution is -2.17. The number of nitrogens with one attached hydrogen (secondary N) is 1. The van der Waals surface area contributed by atoms with Gasteiger partial charge in [0.15, 0.2) is 0 Å². The van der Waals surface area contributed by atoms with Gasteiger partial charge in [0.2, 0.25) is 0 Å². The number of ether oxygens (including phenoxy) is 1. The highest BCUT2D eigenvalue weighted by atomic mass is 16.5. The topological polar surface area (TPSA) is 39.1 Å². The predicted octanol–water partition coefficient (Wildman–Crippen LogP) is 2.51. The van der Waals surface area contributed by atoms with Crippen LogP contribution in [-0.2, 0) is 13.5 Å². The number of fused-ring (bicyclic) bond motifs is 1. The van der Waals surface area contributed by atoms with Crippen LogP contribution in [0.25, 0.3) is 11.0 Å². The number of hydrogen-bond acceptors (Lipinski definition) is 3. The molecule has 104 valence electrons. The number of aromatic nitrogens is 2. The normalized spacial score (nSPS) is 11.4. The van der Waals surface area contributed by atoms with Crippen LogP contribution < -0.4 is 10.1 Å². The smallest absolute Gasteiger partial charge is 0.121 e. The first kappa shape index (κ1) is 13.9. The van der Waals surface area contributed by atoms with Gasteiger partial charge in [0, 0.05) is 26.1 Å². The number of likely N-dealkylation sites (N-methyl/N-ethyl adjacent to an activating group) is 1. The van der Waals surface area contributed by atoms with Crippen LogP contribution in [0.1, 0.15) is 26.6 Å². The third-order valence-electron chi connectivity index (χ3n) is 3.09. The zero-order valence-corrected chi connectivity index (χ0v) is 12.2. The van der Waals surface area contributed by atoms with Gasteiger partial charge in [-0.2, -0.15) is 0 Å². The highest BCUT2D eigenvalue weighted by Gasteiger charge is 2.08. The molecule has 0 saturated heterocycles. The van der Waals surface area contributed by atoms with Gasteiger partial charge in [-0.1, -0.05) is 6.92 Å². The molecule has 0 fully saturated rings. The molecule has 19 heavy (non-hydrogen) atoms. The number of aryl methyl sites for hydroxylation is 1. The minimum atomic E-state index is 0.189. The quantitative estimate of drug-likeness (QED) is 0.812. The van der Waals surface area contributed by atoms with E-state index in [1.807, 2.05) is 26.0 Å². The molecule has 2 aromatic rings. The molecular weight excluding hydrogens is 238 g/mol. The van der Waals surface area contributed by atoms with Crippen molar-refractivity contribution in [3.8, 4) is 5.75 Å². The van der Waals surface area contributed by atoms with E-state index < -0.39 is 0 Å². The second kappa shape index (κ2) is 6.06. The Morgan fingerprint density at radius 1 is 1.37 bits per heavy atom. The SMILES string of the molecule is CCNCCc1nc2cc(OC(C)C)ccc2n1C. The maximum Gasteiger partial charge on any atom is 0.121 e. The predicted molar refractivity (Wildman–Crippen MR) is 78.7 cm³/mol. The number of benzene rings is 1. The van der Waals surface area contributed by atoms with E-state index in [0.717, 1.165) is 42.1 Å². The molecule has 1 heterocycles. The van der Waals surface area contributed by atoms with Crippen molar-refractivity contribution in [1.29, 1.82) is 0 Å². The first-order chi connectivity index (χ1) is 9.11. The Labute approximate surface area is 114 Å². The summed E-state index contributed by atoms with van der Waals surface area (Å²) in [5.74, 6) is 2.00. The zero-order chi connectivity index (χ0) is 13.8. The molecule has 2 rings (SSSR count). The van der Waals surface area contributed by atoms with E-state index in [9.17, 15) is 0 Å². The highest BCUT2D eigenvalue weighted by molar-refractivity contribution is 5.77. The molecule has 0 spiro atoms. The van der Waals surface area contributed by atoms with Crippen LogP contribution in [-0.4, -0.2) is 28.7 Å². The Hall–Kier alpha value is -1.55. The number of imidazole rings is 1. The molecule has 0 saturated carbocycles. The molecule has 0 aliphatic carbocycles. The van der Waals surface area contributed by atoms with Gasteiger partial charge in [0.05, 0.1) is 17.1 Å². The van der Waals surface area contributed by atoms with Crippen molar-refractivity contribution in [3.63, 3.8) is 0 Å². The minimum Gasteiger partial charge on any atom is -0.491 e. The van der Waals surface area contributed by atoms with Crippen molar-refractivity contribution in [3.05, 3.63) is 24.0 Å². The van der Waals surface area contributed by atoms with Gasteiger partial charge in [-0.05, 0) is 32.5 Å². The summed E-state index contributed by atoms with van der Waals surface area (Å²) in [5, 5.41) is 3.33. The van der Waals surface area contributed by atoms with Gasteiger partial charge < -0.3 is 14.6 Å². The molecule has 0 atom stereocenters. The van der Waals surface area contributed by atoms with E-state index in [1.165, 1.54) is 0 Å². The van der Waals surface area contributed by atoms with E-state index in [2.05, 4.69) is 29.9 Å². The van der Waals surface area contributed by atoms with E-state index in [-0.39, 0.29) is 6.10 Å². The minimum absolute atomic E-state index is 0.189. The molecule has 0 unspecified atom stereocenters. The fourth-order valence-electron chi connectivity index (χ4n) is 2.18. The summed E-state index contributed by atoms with van der Waals surface area (Å²) in [6, 6.07) is 6.11. The van der Waals surface area contributed by atoms with Crippen molar-refractivity contribution in [1.82, 2.24) is 14.9 Å². The van der Waals surface area contributed by atoms with Crippen molar-refractivity contribution in [2.75, 3.05) is 13.1 Å². The molecule has 1 N–H and O–H groups in total. The fraction of sp³-hybridized carbons (Fsp3) is 0.533. The first-order valence-corrected chi connectivity index (χ1v) is 6.94. The Morgan fingerprint density at radius 2 is 2.16 bits per heavy atom. The van der Waals surface area contributed by atoms with Crippen LogP contribution >= 0.6 is 0 Å². The molecule has 0 aliphatic heterocycles. The van der Waals surface area contributed by atoms with Crippen LogP contribution in [0.2, 0.25) is 0 Å². The average Bonchev–Trinajstić information content (AvgIpc) is 2.66. The van der Waals surface area contributed by atoms with E-state index in [1.54, 1.807) is 0 Å². The fourth-order valence-corrected chi connectivity index (χ4v) is 2.18. The van der Waals surface area contributed by atoms with Gasteiger partial charge in [0.25, 0.3) is 0 Å².